The summed E-state index contributed by atoms with van der Waals surface area (Å²) in [6.45, 7) is 7.73. The molecule has 0 aromatic heterocycles. The smallest absolute Gasteiger partial charge is 0.486 e. The number of amides is 1. The summed E-state index contributed by atoms with van der Waals surface area (Å²) in [7, 11) is -0.612. The number of carboxylic acid groups (broad SMARTS) is 1. The molecule has 2 atom stereocenters. The molecule has 1 N–H and O–H groups in total. The summed E-state index contributed by atoms with van der Waals surface area (Å²) < 4.78 is 32.0. The summed E-state index contributed by atoms with van der Waals surface area (Å²) >= 11 is 0. The SMILES string of the molecule is CC1(C)OB(c2ccc(O[C@H]3CCN(C(=O)O)C[C@H]3F)c(C#N)c2)OC1(C)C. The summed E-state index contributed by atoms with van der Waals surface area (Å²) in [5.41, 5.74) is -0.0709. The van der Waals surface area contributed by atoms with Gasteiger partial charge in [0.2, 0.25) is 0 Å². The first-order valence-electron chi connectivity index (χ1n) is 9.22. The van der Waals surface area contributed by atoms with Gasteiger partial charge in [-0.25, -0.2) is 9.18 Å². The molecule has 1 amide bonds. The average molecular weight is 390 g/mol. The monoisotopic (exact) mass is 390 g/mol. The number of nitriles is 1. The molecule has 2 heterocycles. The van der Waals surface area contributed by atoms with Gasteiger partial charge in [0.05, 0.1) is 23.3 Å². The summed E-state index contributed by atoms with van der Waals surface area (Å²) in [6.07, 6.45) is -3.19. The van der Waals surface area contributed by atoms with E-state index in [0.29, 0.717) is 5.46 Å². The quantitative estimate of drug-likeness (QED) is 0.797. The molecule has 28 heavy (non-hydrogen) atoms. The first-order valence-corrected chi connectivity index (χ1v) is 9.22. The number of alkyl halides is 1. The lowest BCUT2D eigenvalue weighted by Crippen LogP contribution is -2.48. The molecular formula is C19H24BFN2O5. The fraction of sp³-hybridized carbons (Fsp3) is 0.579. The highest BCUT2D eigenvalue weighted by Gasteiger charge is 2.51. The zero-order valence-corrected chi connectivity index (χ0v) is 16.4. The number of benzene rings is 1. The normalized spacial score (nSPS) is 26.0. The van der Waals surface area contributed by atoms with Crippen molar-refractivity contribution in [2.45, 2.75) is 57.6 Å². The summed E-state index contributed by atoms with van der Waals surface area (Å²) in [5, 5.41) is 18.5. The van der Waals surface area contributed by atoms with Crippen LogP contribution >= 0.6 is 0 Å². The van der Waals surface area contributed by atoms with Gasteiger partial charge in [-0.3, -0.25) is 0 Å². The van der Waals surface area contributed by atoms with Gasteiger partial charge in [0.15, 0.2) is 6.17 Å². The maximum atomic E-state index is 14.3. The van der Waals surface area contributed by atoms with Crippen LogP contribution in [0, 0.1) is 11.3 Å². The van der Waals surface area contributed by atoms with Gasteiger partial charge in [0.1, 0.15) is 17.9 Å². The van der Waals surface area contributed by atoms with E-state index in [0.717, 1.165) is 4.90 Å². The van der Waals surface area contributed by atoms with E-state index >= 15 is 0 Å². The Morgan fingerprint density at radius 3 is 2.54 bits per heavy atom. The minimum atomic E-state index is -1.46. The minimum Gasteiger partial charge on any atom is -0.486 e. The van der Waals surface area contributed by atoms with Gasteiger partial charge >= 0.3 is 13.2 Å². The van der Waals surface area contributed by atoms with Gasteiger partial charge in [0.25, 0.3) is 0 Å². The Labute approximate surface area is 164 Å². The molecule has 2 fully saturated rings. The number of likely N-dealkylation sites (tertiary alicyclic amines) is 1. The molecule has 1 aromatic carbocycles. The van der Waals surface area contributed by atoms with Gasteiger partial charge < -0.3 is 24.1 Å². The number of carbonyl (C=O) groups is 1. The van der Waals surface area contributed by atoms with E-state index < -0.39 is 36.7 Å². The van der Waals surface area contributed by atoms with E-state index in [1.807, 2.05) is 27.7 Å². The van der Waals surface area contributed by atoms with Gasteiger partial charge in [-0.1, -0.05) is 6.07 Å². The van der Waals surface area contributed by atoms with E-state index in [2.05, 4.69) is 6.07 Å². The summed E-state index contributed by atoms with van der Waals surface area (Å²) in [6, 6.07) is 7.03. The predicted octanol–water partition coefficient (Wildman–Crippen LogP) is 2.33. The van der Waals surface area contributed by atoms with E-state index in [4.69, 9.17) is 19.2 Å². The Morgan fingerprint density at radius 1 is 1.36 bits per heavy atom. The third-order valence-electron chi connectivity index (χ3n) is 5.68. The van der Waals surface area contributed by atoms with Crippen molar-refractivity contribution in [2.75, 3.05) is 13.1 Å². The Kier molecular flexibility index (Phi) is 5.30. The lowest BCUT2D eigenvalue weighted by molar-refractivity contribution is 0.00578. The highest BCUT2D eigenvalue weighted by atomic mass is 19.1. The van der Waals surface area contributed by atoms with Crippen LogP contribution in [0.2, 0.25) is 0 Å². The van der Waals surface area contributed by atoms with Crippen molar-refractivity contribution in [1.29, 1.82) is 5.26 Å². The molecule has 1 aromatic rings. The fourth-order valence-electron chi connectivity index (χ4n) is 3.22. The number of hydrogen-bond acceptors (Lipinski definition) is 5. The number of nitrogens with zero attached hydrogens (tertiary/aromatic N) is 2. The zero-order chi connectivity index (χ0) is 20.7. The van der Waals surface area contributed by atoms with Crippen LogP contribution in [0.5, 0.6) is 5.75 Å². The number of rotatable bonds is 3. The van der Waals surface area contributed by atoms with Crippen LogP contribution in [0.4, 0.5) is 9.18 Å². The van der Waals surface area contributed by atoms with Crippen molar-refractivity contribution in [3.8, 4) is 11.8 Å². The van der Waals surface area contributed by atoms with Crippen LogP contribution in [0.3, 0.4) is 0 Å². The third kappa shape index (κ3) is 3.80. The predicted molar refractivity (Wildman–Crippen MR) is 100 cm³/mol. The molecule has 0 aliphatic carbocycles. The second-order valence-corrected chi connectivity index (χ2v) is 8.15. The van der Waals surface area contributed by atoms with Gasteiger partial charge in [0, 0.05) is 13.0 Å². The van der Waals surface area contributed by atoms with Crippen molar-refractivity contribution >= 4 is 18.7 Å². The Bertz CT molecular complexity index is 794. The molecule has 0 unspecified atom stereocenters. The summed E-state index contributed by atoms with van der Waals surface area (Å²) in [4.78, 5) is 12.0. The fourth-order valence-corrected chi connectivity index (χ4v) is 3.22. The second kappa shape index (κ2) is 7.26. The number of halogens is 1. The van der Waals surface area contributed by atoms with Crippen molar-refractivity contribution < 1.29 is 28.3 Å². The maximum absolute atomic E-state index is 14.3. The van der Waals surface area contributed by atoms with E-state index in [1.165, 1.54) is 0 Å². The minimum absolute atomic E-state index is 0.189. The van der Waals surface area contributed by atoms with Gasteiger partial charge in [-0.05, 0) is 45.3 Å². The Balaban J connectivity index is 1.75. The molecular weight excluding hydrogens is 366 g/mol. The van der Waals surface area contributed by atoms with Crippen LogP contribution in [-0.2, 0) is 9.31 Å². The zero-order valence-electron chi connectivity index (χ0n) is 16.4. The second-order valence-electron chi connectivity index (χ2n) is 8.15. The molecule has 0 spiro atoms. The number of hydrogen-bond donors (Lipinski definition) is 1. The number of ether oxygens (including phenoxy) is 1. The molecule has 0 saturated carbocycles. The van der Waals surface area contributed by atoms with Crippen molar-refractivity contribution in [1.82, 2.24) is 4.90 Å². The highest BCUT2D eigenvalue weighted by Crippen LogP contribution is 2.36. The van der Waals surface area contributed by atoms with E-state index in [9.17, 15) is 14.4 Å². The first-order chi connectivity index (χ1) is 13.0. The van der Waals surface area contributed by atoms with Crippen LogP contribution in [-0.4, -0.2) is 59.8 Å². The van der Waals surface area contributed by atoms with Gasteiger partial charge in [-0.15, -0.1) is 0 Å². The van der Waals surface area contributed by atoms with Crippen LogP contribution in [0.1, 0.15) is 39.7 Å². The Morgan fingerprint density at radius 2 is 2.00 bits per heavy atom. The largest absolute Gasteiger partial charge is 0.494 e. The molecule has 9 heteroatoms. The molecule has 0 bridgehead atoms. The highest BCUT2D eigenvalue weighted by molar-refractivity contribution is 6.62. The standard InChI is InChI=1S/C19H24BFN2O5/c1-18(2)19(3,4)28-20(27-18)13-5-6-15(12(9-13)10-22)26-16-7-8-23(17(24)25)11-14(16)21/h5-6,9,14,16H,7-8,11H2,1-4H3,(H,24,25)/t14-,16+/m1/s1. The van der Waals surface area contributed by atoms with E-state index in [-0.39, 0.29) is 30.8 Å². The molecule has 150 valence electrons. The van der Waals surface area contributed by atoms with Crippen molar-refractivity contribution in [3.63, 3.8) is 0 Å². The lowest BCUT2D eigenvalue weighted by Gasteiger charge is -2.33. The van der Waals surface area contributed by atoms with Gasteiger partial charge in [-0.2, -0.15) is 5.26 Å². The molecule has 2 aliphatic rings. The average Bonchev–Trinajstić information content (AvgIpc) is 2.84. The van der Waals surface area contributed by atoms with Crippen LogP contribution in [0.15, 0.2) is 18.2 Å². The topological polar surface area (TPSA) is 92.0 Å². The van der Waals surface area contributed by atoms with Crippen LogP contribution in [0.25, 0.3) is 0 Å². The summed E-state index contributed by atoms with van der Waals surface area (Å²) in [5.74, 6) is 0.263. The third-order valence-corrected chi connectivity index (χ3v) is 5.68. The molecule has 0 radical (unpaired) electrons. The van der Waals surface area contributed by atoms with Crippen molar-refractivity contribution in [2.24, 2.45) is 0 Å². The lowest BCUT2D eigenvalue weighted by atomic mass is 9.78. The number of piperidine rings is 1. The molecule has 7 nitrogen and oxygen atoms in total. The first kappa shape index (κ1) is 20.4. The molecule has 3 rings (SSSR count). The van der Waals surface area contributed by atoms with Crippen LogP contribution < -0.4 is 10.2 Å². The Hall–Kier alpha value is -2.31. The van der Waals surface area contributed by atoms with E-state index in [1.54, 1.807) is 18.2 Å². The molecule has 2 aliphatic heterocycles. The van der Waals surface area contributed by atoms with Crippen molar-refractivity contribution in [3.05, 3.63) is 23.8 Å². The maximum Gasteiger partial charge on any atom is 0.494 e. The molecule has 2 saturated heterocycles.